The number of ether oxygens (including phenoxy) is 1. The Hall–Kier alpha value is -2.87. The van der Waals surface area contributed by atoms with Gasteiger partial charge >= 0.3 is 0 Å². The second-order valence-corrected chi connectivity index (χ2v) is 8.35. The number of rotatable bonds is 4. The van der Waals surface area contributed by atoms with Gasteiger partial charge in [0, 0.05) is 0 Å². The summed E-state index contributed by atoms with van der Waals surface area (Å²) < 4.78 is 31.5. The van der Waals surface area contributed by atoms with Crippen molar-refractivity contribution >= 4 is 32.3 Å². The number of sulfone groups is 1. The minimum atomic E-state index is -3.85. The van der Waals surface area contributed by atoms with Crippen molar-refractivity contribution in [3.8, 4) is 5.75 Å². The number of nitrogens with zero attached hydrogens (tertiary/aromatic N) is 2. The van der Waals surface area contributed by atoms with Crippen LogP contribution < -0.4 is 10.5 Å². The van der Waals surface area contributed by atoms with Crippen LogP contribution in [0.5, 0.6) is 5.75 Å². The van der Waals surface area contributed by atoms with E-state index < -0.39 is 9.84 Å². The second kappa shape index (κ2) is 6.70. The largest absolute Gasteiger partial charge is 0.497 e. The normalized spacial score (nSPS) is 14.9. The third-order valence-corrected chi connectivity index (χ3v) is 6.64. The number of hydrogen-bond donors (Lipinski definition) is 2. The molecule has 2 aromatic heterocycles. The number of H-pyrrole nitrogens is 1. The van der Waals surface area contributed by atoms with Crippen LogP contribution in [-0.4, -0.2) is 30.5 Å². The molecule has 3 N–H and O–H groups in total. The van der Waals surface area contributed by atoms with Crippen LogP contribution in [-0.2, 0) is 9.84 Å². The van der Waals surface area contributed by atoms with Gasteiger partial charge in [-0.25, -0.2) is 18.4 Å². The number of aromatic nitrogens is 3. The van der Waals surface area contributed by atoms with Crippen molar-refractivity contribution in [2.45, 2.75) is 35.5 Å². The maximum absolute atomic E-state index is 13.2. The average molecular weight is 384 g/mol. The first-order valence-corrected chi connectivity index (χ1v) is 10.2. The fourth-order valence-corrected chi connectivity index (χ4v) is 4.92. The summed E-state index contributed by atoms with van der Waals surface area (Å²) in [5.41, 5.74) is 8.79. The van der Waals surface area contributed by atoms with Crippen LogP contribution in [0.15, 0.2) is 46.5 Å². The lowest BCUT2D eigenvalue weighted by Gasteiger charge is -2.12. The van der Waals surface area contributed by atoms with Crippen molar-refractivity contribution in [2.75, 3.05) is 12.8 Å². The van der Waals surface area contributed by atoms with Crippen molar-refractivity contribution in [3.05, 3.63) is 42.4 Å². The Morgan fingerprint density at radius 2 is 1.93 bits per heavy atom. The maximum atomic E-state index is 13.2. The van der Waals surface area contributed by atoms with Gasteiger partial charge in [0.15, 0.2) is 0 Å². The zero-order valence-corrected chi connectivity index (χ0v) is 15.7. The lowest BCUT2D eigenvalue weighted by Crippen LogP contribution is -2.05. The highest BCUT2D eigenvalue weighted by molar-refractivity contribution is 7.92. The molecule has 0 amide bonds. The molecule has 1 aromatic carbocycles. The van der Waals surface area contributed by atoms with Gasteiger partial charge in [-0.05, 0) is 55.5 Å². The Balaban J connectivity index is 1.89. The Kier molecular flexibility index (Phi) is 4.35. The summed E-state index contributed by atoms with van der Waals surface area (Å²) >= 11 is 0. The SMILES string of the molecule is COc1ccc(S(=O)(=O)c2c(N)[nH]c3c(C4=CCCCC4)ncnc23)cc1. The number of methoxy groups -OCH3 is 1. The molecule has 3 aromatic rings. The molecule has 0 atom stereocenters. The van der Waals surface area contributed by atoms with Crippen LogP contribution >= 0.6 is 0 Å². The van der Waals surface area contributed by atoms with Crippen LogP contribution in [0.2, 0.25) is 0 Å². The molecule has 0 fully saturated rings. The number of nitrogens with one attached hydrogen (secondary N) is 1. The third-order valence-electron chi connectivity index (χ3n) is 4.80. The van der Waals surface area contributed by atoms with Crippen LogP contribution in [0.25, 0.3) is 16.6 Å². The van der Waals surface area contributed by atoms with Gasteiger partial charge in [0.1, 0.15) is 28.3 Å². The molecule has 1 aliphatic carbocycles. The maximum Gasteiger partial charge on any atom is 0.212 e. The first-order chi connectivity index (χ1) is 13.0. The number of fused-ring (bicyclic) bond motifs is 1. The molecule has 7 nitrogen and oxygen atoms in total. The molecule has 4 rings (SSSR count). The van der Waals surface area contributed by atoms with Crippen molar-refractivity contribution in [1.29, 1.82) is 0 Å². The molecular weight excluding hydrogens is 364 g/mol. The number of aromatic amines is 1. The smallest absolute Gasteiger partial charge is 0.212 e. The standard InChI is InChI=1S/C19H20N4O3S/c1-26-13-7-9-14(10-8-13)27(24,25)18-17-16(23-19(18)20)15(21-11-22-17)12-5-3-2-4-6-12/h5,7-11,23H,2-4,6,20H2,1H3. The molecule has 2 heterocycles. The van der Waals surface area contributed by atoms with E-state index in [1.807, 2.05) is 0 Å². The second-order valence-electron chi connectivity index (χ2n) is 6.47. The molecule has 8 heteroatoms. The predicted molar refractivity (Wildman–Crippen MR) is 103 cm³/mol. The van der Waals surface area contributed by atoms with Gasteiger partial charge in [0.25, 0.3) is 0 Å². The first-order valence-electron chi connectivity index (χ1n) is 8.73. The Bertz CT molecular complexity index is 1130. The topological polar surface area (TPSA) is 111 Å². The minimum Gasteiger partial charge on any atom is -0.497 e. The van der Waals surface area contributed by atoms with Gasteiger partial charge in [-0.1, -0.05) is 6.08 Å². The Morgan fingerprint density at radius 1 is 1.15 bits per heavy atom. The van der Waals surface area contributed by atoms with E-state index in [1.165, 1.54) is 25.6 Å². The molecule has 0 aliphatic heterocycles. The predicted octanol–water partition coefficient (Wildman–Crippen LogP) is 3.34. The van der Waals surface area contributed by atoms with E-state index in [4.69, 9.17) is 10.5 Å². The highest BCUT2D eigenvalue weighted by atomic mass is 32.2. The van der Waals surface area contributed by atoms with E-state index in [0.717, 1.165) is 37.0 Å². The Labute approximate surface area is 157 Å². The highest BCUT2D eigenvalue weighted by Crippen LogP contribution is 2.36. The fourth-order valence-electron chi connectivity index (χ4n) is 3.44. The first kappa shape index (κ1) is 17.5. The van der Waals surface area contributed by atoms with Gasteiger partial charge < -0.3 is 15.5 Å². The lowest BCUT2D eigenvalue weighted by molar-refractivity contribution is 0.414. The highest BCUT2D eigenvalue weighted by Gasteiger charge is 2.28. The molecule has 0 spiro atoms. The quantitative estimate of drug-likeness (QED) is 0.714. The number of nitrogens with two attached hydrogens (primary N) is 1. The van der Waals surface area contributed by atoms with Crippen LogP contribution in [0, 0.1) is 0 Å². The van der Waals surface area contributed by atoms with E-state index in [-0.39, 0.29) is 15.6 Å². The molecule has 0 bridgehead atoms. The van der Waals surface area contributed by atoms with Crippen molar-refractivity contribution in [3.63, 3.8) is 0 Å². The van der Waals surface area contributed by atoms with Crippen molar-refractivity contribution in [2.24, 2.45) is 0 Å². The van der Waals surface area contributed by atoms with Crippen LogP contribution in [0.3, 0.4) is 0 Å². The zero-order valence-electron chi connectivity index (χ0n) is 14.9. The van der Waals surface area contributed by atoms with Gasteiger partial charge in [-0.2, -0.15) is 0 Å². The number of benzene rings is 1. The summed E-state index contributed by atoms with van der Waals surface area (Å²) in [6.07, 6.45) is 7.69. The van der Waals surface area contributed by atoms with E-state index >= 15 is 0 Å². The minimum absolute atomic E-state index is 0.0114. The van der Waals surface area contributed by atoms with E-state index in [1.54, 1.807) is 12.1 Å². The molecule has 140 valence electrons. The van der Waals surface area contributed by atoms with Crippen LogP contribution in [0.1, 0.15) is 31.4 Å². The van der Waals surface area contributed by atoms with Crippen molar-refractivity contribution in [1.82, 2.24) is 15.0 Å². The average Bonchev–Trinajstić information content (AvgIpc) is 3.05. The molecule has 0 radical (unpaired) electrons. The van der Waals surface area contributed by atoms with E-state index in [9.17, 15) is 8.42 Å². The Morgan fingerprint density at radius 3 is 2.59 bits per heavy atom. The van der Waals surface area contributed by atoms with Gasteiger partial charge in [-0.15, -0.1) is 0 Å². The summed E-state index contributed by atoms with van der Waals surface area (Å²) in [6, 6.07) is 6.20. The lowest BCUT2D eigenvalue weighted by atomic mass is 9.96. The molecule has 0 unspecified atom stereocenters. The number of hydrogen-bond acceptors (Lipinski definition) is 6. The third kappa shape index (κ3) is 2.95. The van der Waals surface area contributed by atoms with Crippen molar-refractivity contribution < 1.29 is 13.2 Å². The summed E-state index contributed by atoms with van der Waals surface area (Å²) in [7, 11) is -2.32. The summed E-state index contributed by atoms with van der Waals surface area (Å²) in [5.74, 6) is 0.647. The molecule has 0 saturated carbocycles. The van der Waals surface area contributed by atoms with Gasteiger partial charge in [0.2, 0.25) is 9.84 Å². The monoisotopic (exact) mass is 384 g/mol. The van der Waals surface area contributed by atoms with Gasteiger partial charge in [-0.3, -0.25) is 0 Å². The number of anilines is 1. The number of nitrogen functional groups attached to an aromatic ring is 1. The van der Waals surface area contributed by atoms with E-state index in [2.05, 4.69) is 21.0 Å². The fraction of sp³-hybridized carbons (Fsp3) is 0.263. The van der Waals surface area contributed by atoms with Crippen LogP contribution in [0.4, 0.5) is 5.82 Å². The molecular formula is C19H20N4O3S. The molecule has 0 saturated heterocycles. The summed E-state index contributed by atoms with van der Waals surface area (Å²) in [4.78, 5) is 11.7. The van der Waals surface area contributed by atoms with E-state index in [0.29, 0.717) is 16.8 Å². The zero-order chi connectivity index (χ0) is 19.0. The summed E-state index contributed by atoms with van der Waals surface area (Å²) in [6.45, 7) is 0. The summed E-state index contributed by atoms with van der Waals surface area (Å²) in [5, 5.41) is 0. The molecule has 1 aliphatic rings. The molecule has 27 heavy (non-hydrogen) atoms. The van der Waals surface area contributed by atoms with Gasteiger partial charge in [0.05, 0.1) is 23.2 Å². The number of allylic oxidation sites excluding steroid dienone is 2.